The van der Waals surface area contributed by atoms with Gasteiger partial charge in [0.1, 0.15) is 16.3 Å². The number of carbonyl (C=O) groups is 1. The van der Waals surface area contributed by atoms with E-state index in [9.17, 15) is 14.7 Å². The minimum atomic E-state index is -1.20. The highest BCUT2D eigenvalue weighted by molar-refractivity contribution is 7.13. The van der Waals surface area contributed by atoms with E-state index in [2.05, 4.69) is 19.9 Å². The second-order valence-electron chi connectivity index (χ2n) is 8.61. The summed E-state index contributed by atoms with van der Waals surface area (Å²) in [4.78, 5) is 29.0. The molecule has 0 fully saturated rings. The molecule has 2 aliphatic rings. The van der Waals surface area contributed by atoms with Gasteiger partial charge in [-0.3, -0.25) is 4.79 Å². The van der Waals surface area contributed by atoms with Crippen LogP contribution in [0.2, 0.25) is 0 Å². The van der Waals surface area contributed by atoms with Gasteiger partial charge >= 0.3 is 5.97 Å². The fourth-order valence-electron chi connectivity index (χ4n) is 4.79. The molecular formula is C24H24N2O5S. The lowest BCUT2D eigenvalue weighted by atomic mass is 9.83. The van der Waals surface area contributed by atoms with E-state index < -0.39 is 11.4 Å². The molecule has 0 spiro atoms. The first-order valence-corrected chi connectivity index (χ1v) is 11.5. The Morgan fingerprint density at radius 3 is 2.94 bits per heavy atom. The minimum absolute atomic E-state index is 0.0461. The summed E-state index contributed by atoms with van der Waals surface area (Å²) in [5.74, 6) is -0.128. The average Bonchev–Trinajstić information content (AvgIpc) is 3.41. The monoisotopic (exact) mass is 452 g/mol. The van der Waals surface area contributed by atoms with Gasteiger partial charge in [-0.25, -0.2) is 9.78 Å². The van der Waals surface area contributed by atoms with E-state index in [1.165, 1.54) is 12.3 Å². The van der Waals surface area contributed by atoms with Crippen LogP contribution in [0.25, 0.3) is 21.8 Å². The molecule has 1 unspecified atom stereocenters. The van der Waals surface area contributed by atoms with E-state index in [0.717, 1.165) is 57.2 Å². The Balaban J connectivity index is 1.75. The molecule has 4 heterocycles. The van der Waals surface area contributed by atoms with E-state index in [1.807, 2.05) is 9.95 Å². The molecule has 2 aliphatic heterocycles. The maximum atomic E-state index is 12.6. The number of carboxylic acid groups (broad SMARTS) is 1. The van der Waals surface area contributed by atoms with Gasteiger partial charge in [-0.2, -0.15) is 0 Å². The molecule has 0 bridgehead atoms. The van der Waals surface area contributed by atoms with E-state index in [-0.39, 0.29) is 17.5 Å². The number of fused-ring (bicyclic) bond motifs is 5. The van der Waals surface area contributed by atoms with Crippen molar-refractivity contribution in [3.8, 4) is 27.6 Å². The standard InChI is InChI=1S/C24H24N2O5S/c1-12(2)18-7-13-6-16(23-25-14(10-30-3)11-32-23)22-15(4-5-31-22)21(13)19-8-20(27)17(24(28)29)9-26(18)19/h6,8-9,11-12,18H,4-5,7,10H2,1-3H3,(H,28,29). The third kappa shape index (κ3) is 3.25. The third-order valence-electron chi connectivity index (χ3n) is 6.26. The number of aromatic nitrogens is 2. The summed E-state index contributed by atoms with van der Waals surface area (Å²) >= 11 is 1.57. The number of hydrogen-bond acceptors (Lipinski definition) is 6. The van der Waals surface area contributed by atoms with Crippen LogP contribution >= 0.6 is 11.3 Å². The van der Waals surface area contributed by atoms with Crippen LogP contribution in [0.3, 0.4) is 0 Å². The Kier molecular flexibility index (Phi) is 5.14. The number of hydrogen-bond donors (Lipinski definition) is 1. The van der Waals surface area contributed by atoms with Gasteiger partial charge in [0.15, 0.2) is 5.43 Å². The first kappa shape index (κ1) is 20.9. The molecule has 0 aliphatic carbocycles. The van der Waals surface area contributed by atoms with Crippen LogP contribution in [0, 0.1) is 5.92 Å². The zero-order chi connectivity index (χ0) is 22.6. The summed E-state index contributed by atoms with van der Waals surface area (Å²) in [7, 11) is 1.65. The second kappa shape index (κ2) is 7.86. The summed E-state index contributed by atoms with van der Waals surface area (Å²) < 4.78 is 13.3. The van der Waals surface area contributed by atoms with Gasteiger partial charge in [-0.15, -0.1) is 11.3 Å². The first-order valence-electron chi connectivity index (χ1n) is 10.6. The van der Waals surface area contributed by atoms with Crippen molar-refractivity contribution in [3.63, 3.8) is 0 Å². The maximum absolute atomic E-state index is 12.6. The molecule has 1 atom stereocenters. The third-order valence-corrected chi connectivity index (χ3v) is 7.18. The first-order chi connectivity index (χ1) is 15.4. The summed E-state index contributed by atoms with van der Waals surface area (Å²) in [5.41, 5.74) is 5.18. The van der Waals surface area contributed by atoms with Crippen molar-refractivity contribution in [2.45, 2.75) is 39.3 Å². The highest BCUT2D eigenvalue weighted by Gasteiger charge is 2.34. The number of pyridine rings is 1. The Morgan fingerprint density at radius 1 is 1.41 bits per heavy atom. The van der Waals surface area contributed by atoms with E-state index in [4.69, 9.17) is 14.5 Å². The van der Waals surface area contributed by atoms with E-state index >= 15 is 0 Å². The lowest BCUT2D eigenvalue weighted by Gasteiger charge is -2.34. The van der Waals surface area contributed by atoms with Gasteiger partial charge in [0, 0.05) is 48.3 Å². The number of rotatable bonds is 5. The fraction of sp³-hybridized carbons (Fsp3) is 0.375. The van der Waals surface area contributed by atoms with Crippen LogP contribution in [0.5, 0.6) is 5.75 Å². The number of carboxylic acids is 1. The Labute approximate surface area is 189 Å². The van der Waals surface area contributed by atoms with Crippen LogP contribution in [0.1, 0.15) is 47.1 Å². The van der Waals surface area contributed by atoms with E-state index in [0.29, 0.717) is 13.2 Å². The van der Waals surface area contributed by atoms with Gasteiger partial charge in [-0.1, -0.05) is 13.8 Å². The van der Waals surface area contributed by atoms with Crippen molar-refractivity contribution in [2.75, 3.05) is 13.7 Å². The van der Waals surface area contributed by atoms with Crippen molar-refractivity contribution in [2.24, 2.45) is 5.92 Å². The molecular weight excluding hydrogens is 428 g/mol. The lowest BCUT2D eigenvalue weighted by molar-refractivity contribution is 0.0694. The van der Waals surface area contributed by atoms with Crippen LogP contribution < -0.4 is 10.2 Å². The zero-order valence-electron chi connectivity index (χ0n) is 18.2. The van der Waals surface area contributed by atoms with Crippen LogP contribution in [-0.4, -0.2) is 34.3 Å². The summed E-state index contributed by atoms with van der Waals surface area (Å²) in [6, 6.07) is 3.67. The molecule has 1 N–H and O–H groups in total. The predicted octanol–water partition coefficient (Wildman–Crippen LogP) is 4.17. The quantitative estimate of drug-likeness (QED) is 0.625. The highest BCUT2D eigenvalue weighted by Crippen LogP contribution is 2.48. The van der Waals surface area contributed by atoms with Gasteiger partial charge in [0.2, 0.25) is 0 Å². The van der Waals surface area contributed by atoms with E-state index in [1.54, 1.807) is 18.4 Å². The maximum Gasteiger partial charge on any atom is 0.341 e. The molecule has 0 saturated carbocycles. The Hall–Kier alpha value is -2.97. The normalized spacial score (nSPS) is 16.4. The number of aromatic carboxylic acids is 1. The smallest absolute Gasteiger partial charge is 0.341 e. The van der Waals surface area contributed by atoms with Crippen LogP contribution in [0.15, 0.2) is 28.5 Å². The molecule has 32 heavy (non-hydrogen) atoms. The lowest BCUT2D eigenvalue weighted by Crippen LogP contribution is -2.28. The molecule has 0 radical (unpaired) electrons. The number of methoxy groups -OCH3 is 1. The molecule has 3 aromatic rings. The summed E-state index contributed by atoms with van der Waals surface area (Å²) in [6.45, 7) is 5.27. The molecule has 0 saturated heterocycles. The summed E-state index contributed by atoms with van der Waals surface area (Å²) in [5, 5.41) is 12.4. The SMILES string of the molecule is COCc1csc(-c2cc3c(c4c2OCC4)-c2cc(=O)c(C(=O)O)cn2C(C(C)C)C3)n1. The number of nitrogens with zero attached hydrogens (tertiary/aromatic N) is 2. The van der Waals surface area contributed by atoms with Crippen LogP contribution in [-0.2, 0) is 24.2 Å². The fourth-order valence-corrected chi connectivity index (χ4v) is 5.61. The van der Waals surface area contributed by atoms with Gasteiger partial charge in [0.25, 0.3) is 0 Å². The average molecular weight is 453 g/mol. The molecule has 5 rings (SSSR count). The topological polar surface area (TPSA) is 90.6 Å². The zero-order valence-corrected chi connectivity index (χ0v) is 19.0. The molecule has 1 aromatic carbocycles. The van der Waals surface area contributed by atoms with Crippen LogP contribution in [0.4, 0.5) is 0 Å². The van der Waals surface area contributed by atoms with Gasteiger partial charge in [-0.05, 0) is 24.0 Å². The molecule has 8 heteroatoms. The number of thiazole rings is 1. The second-order valence-corrected chi connectivity index (χ2v) is 9.46. The minimum Gasteiger partial charge on any atom is -0.492 e. The molecule has 7 nitrogen and oxygen atoms in total. The van der Waals surface area contributed by atoms with Crippen molar-refractivity contribution >= 4 is 17.3 Å². The number of benzene rings is 1. The van der Waals surface area contributed by atoms with Crippen molar-refractivity contribution in [3.05, 3.63) is 56.3 Å². The Bertz CT molecular complexity index is 1290. The Morgan fingerprint density at radius 2 is 2.22 bits per heavy atom. The molecule has 2 aromatic heterocycles. The van der Waals surface area contributed by atoms with Crippen molar-refractivity contribution in [1.29, 1.82) is 0 Å². The molecule has 166 valence electrons. The predicted molar refractivity (Wildman–Crippen MR) is 122 cm³/mol. The highest BCUT2D eigenvalue weighted by atomic mass is 32.1. The van der Waals surface area contributed by atoms with Crippen molar-refractivity contribution in [1.82, 2.24) is 9.55 Å². The summed E-state index contributed by atoms with van der Waals surface area (Å²) in [6.07, 6.45) is 3.00. The largest absolute Gasteiger partial charge is 0.492 e. The molecule has 0 amide bonds. The van der Waals surface area contributed by atoms with Gasteiger partial charge in [0.05, 0.1) is 30.2 Å². The number of ether oxygens (including phenoxy) is 2. The van der Waals surface area contributed by atoms with Crippen molar-refractivity contribution < 1.29 is 19.4 Å². The van der Waals surface area contributed by atoms with Gasteiger partial charge < -0.3 is 19.1 Å².